The fraction of sp³-hybridized carbons (Fsp3) is 0.727. The maximum atomic E-state index is 10.3. The topological polar surface area (TPSA) is 37.3 Å². The van der Waals surface area contributed by atoms with Gasteiger partial charge in [0.05, 0.1) is 0 Å². The summed E-state index contributed by atoms with van der Waals surface area (Å²) in [7, 11) is 0. The van der Waals surface area contributed by atoms with Crippen molar-refractivity contribution in [3.63, 3.8) is 0 Å². The highest BCUT2D eigenvalue weighted by Gasteiger charge is 2.04. The smallest absolute Gasteiger partial charge is 0.328 e. The van der Waals surface area contributed by atoms with E-state index in [1.54, 1.807) is 0 Å². The largest absolute Gasteiger partial charge is 0.478 e. The fourth-order valence-corrected chi connectivity index (χ4v) is 1.50. The molecule has 0 aromatic heterocycles. The average molecular weight is 184 g/mol. The molecule has 0 heterocycles. The third-order valence-corrected chi connectivity index (χ3v) is 2.07. The van der Waals surface area contributed by atoms with E-state index in [1.165, 1.54) is 31.8 Å². The highest BCUT2D eigenvalue weighted by Crippen LogP contribution is 2.21. The second kappa shape index (κ2) is 7.84. The van der Waals surface area contributed by atoms with E-state index in [-0.39, 0.29) is 0 Å². The Kier molecular flexibility index (Phi) is 7.36. The molecular weight excluding hydrogens is 164 g/mol. The van der Waals surface area contributed by atoms with Gasteiger partial charge in [0.2, 0.25) is 0 Å². The molecule has 0 aromatic rings. The zero-order valence-corrected chi connectivity index (χ0v) is 8.68. The van der Waals surface area contributed by atoms with Crippen molar-refractivity contribution in [2.45, 2.75) is 52.4 Å². The molecule has 0 saturated heterocycles. The number of carbonyl (C=O) groups is 1. The molecule has 1 N–H and O–H groups in total. The van der Waals surface area contributed by atoms with Gasteiger partial charge in [0.15, 0.2) is 0 Å². The molecule has 1 fully saturated rings. The standard InChI is InChI=1S/C9H14O2.C2H6/c10-9(11)7-8-5-3-1-2-4-6-8;1-2/h7H,1-6H2,(H,10,11);1-2H3. The predicted octanol–water partition coefficient (Wildman–Crippen LogP) is 3.38. The first-order valence-corrected chi connectivity index (χ1v) is 5.21. The van der Waals surface area contributed by atoms with E-state index >= 15 is 0 Å². The van der Waals surface area contributed by atoms with E-state index < -0.39 is 5.97 Å². The zero-order valence-electron chi connectivity index (χ0n) is 8.68. The minimum Gasteiger partial charge on any atom is -0.478 e. The fourth-order valence-electron chi connectivity index (χ4n) is 1.50. The second-order valence-corrected chi connectivity index (χ2v) is 3.06. The van der Waals surface area contributed by atoms with Gasteiger partial charge in [-0.1, -0.05) is 32.3 Å². The Bertz CT molecular complexity index is 161. The molecule has 1 aliphatic rings. The van der Waals surface area contributed by atoms with E-state index in [4.69, 9.17) is 5.11 Å². The Morgan fingerprint density at radius 1 is 1.15 bits per heavy atom. The lowest BCUT2D eigenvalue weighted by molar-refractivity contribution is -0.131. The lowest BCUT2D eigenvalue weighted by atomic mass is 10.1. The molecule has 2 nitrogen and oxygen atoms in total. The first-order valence-electron chi connectivity index (χ1n) is 5.21. The summed E-state index contributed by atoms with van der Waals surface area (Å²) in [5.74, 6) is -0.790. The van der Waals surface area contributed by atoms with Crippen LogP contribution in [0.25, 0.3) is 0 Å². The second-order valence-electron chi connectivity index (χ2n) is 3.06. The van der Waals surface area contributed by atoms with Crippen LogP contribution < -0.4 is 0 Å². The van der Waals surface area contributed by atoms with Gasteiger partial charge in [-0.25, -0.2) is 4.79 Å². The van der Waals surface area contributed by atoms with E-state index in [9.17, 15) is 4.79 Å². The maximum absolute atomic E-state index is 10.3. The number of rotatable bonds is 1. The van der Waals surface area contributed by atoms with Crippen LogP contribution >= 0.6 is 0 Å². The van der Waals surface area contributed by atoms with Crippen molar-refractivity contribution < 1.29 is 9.90 Å². The minimum absolute atomic E-state index is 0.790. The van der Waals surface area contributed by atoms with E-state index in [0.717, 1.165) is 18.4 Å². The van der Waals surface area contributed by atoms with Crippen molar-refractivity contribution in [1.29, 1.82) is 0 Å². The number of allylic oxidation sites excluding steroid dienone is 1. The SMILES string of the molecule is CC.O=C(O)C=C1CCCCCC1. The number of hydrogen-bond acceptors (Lipinski definition) is 1. The molecule has 0 amide bonds. The first kappa shape index (κ1) is 12.2. The summed E-state index contributed by atoms with van der Waals surface area (Å²) in [4.78, 5) is 10.3. The Morgan fingerprint density at radius 3 is 2.00 bits per heavy atom. The van der Waals surface area contributed by atoms with Crippen molar-refractivity contribution in [2.75, 3.05) is 0 Å². The molecule has 0 aromatic carbocycles. The Labute approximate surface area is 80.7 Å². The highest BCUT2D eigenvalue weighted by atomic mass is 16.4. The van der Waals surface area contributed by atoms with Crippen LogP contribution in [0.1, 0.15) is 52.4 Å². The molecule has 76 valence electrons. The number of carboxylic acid groups (broad SMARTS) is 1. The van der Waals surface area contributed by atoms with Crippen molar-refractivity contribution in [3.05, 3.63) is 11.6 Å². The molecule has 1 saturated carbocycles. The molecule has 13 heavy (non-hydrogen) atoms. The maximum Gasteiger partial charge on any atom is 0.328 e. The van der Waals surface area contributed by atoms with Gasteiger partial charge in [0.25, 0.3) is 0 Å². The van der Waals surface area contributed by atoms with Crippen LogP contribution in [0, 0.1) is 0 Å². The van der Waals surface area contributed by atoms with Gasteiger partial charge >= 0.3 is 5.97 Å². The molecule has 0 aliphatic heterocycles. The van der Waals surface area contributed by atoms with Gasteiger partial charge in [0.1, 0.15) is 0 Å². The summed E-state index contributed by atoms with van der Waals surface area (Å²) in [6, 6.07) is 0. The molecule has 2 heteroatoms. The van der Waals surface area contributed by atoms with Gasteiger partial charge in [-0.15, -0.1) is 0 Å². The van der Waals surface area contributed by atoms with Crippen LogP contribution in [0.2, 0.25) is 0 Å². The number of aliphatic carboxylic acids is 1. The predicted molar refractivity (Wildman–Crippen MR) is 54.8 cm³/mol. The van der Waals surface area contributed by atoms with Crippen LogP contribution in [0.5, 0.6) is 0 Å². The monoisotopic (exact) mass is 184 g/mol. The lowest BCUT2D eigenvalue weighted by Crippen LogP contribution is -1.91. The first-order chi connectivity index (χ1) is 6.29. The summed E-state index contributed by atoms with van der Waals surface area (Å²) >= 11 is 0. The third-order valence-electron chi connectivity index (χ3n) is 2.07. The molecule has 0 spiro atoms. The summed E-state index contributed by atoms with van der Waals surface area (Å²) in [6.45, 7) is 4.00. The van der Waals surface area contributed by atoms with Gasteiger partial charge in [-0.3, -0.25) is 0 Å². The van der Waals surface area contributed by atoms with Crippen LogP contribution in [-0.4, -0.2) is 11.1 Å². The van der Waals surface area contributed by atoms with Crippen LogP contribution in [0.3, 0.4) is 0 Å². The molecule has 0 atom stereocenters. The molecule has 0 bridgehead atoms. The van der Waals surface area contributed by atoms with Crippen LogP contribution in [-0.2, 0) is 4.79 Å². The highest BCUT2D eigenvalue weighted by molar-refractivity contribution is 5.80. The number of carboxylic acids is 1. The zero-order chi connectivity index (χ0) is 10.1. The average Bonchev–Trinajstić information content (AvgIpc) is 2.36. The molecule has 1 aliphatic carbocycles. The van der Waals surface area contributed by atoms with Gasteiger partial charge in [-0.2, -0.15) is 0 Å². The quantitative estimate of drug-likeness (QED) is 0.501. The molecule has 0 unspecified atom stereocenters. The van der Waals surface area contributed by atoms with E-state index in [2.05, 4.69) is 0 Å². The lowest BCUT2D eigenvalue weighted by Gasteiger charge is -1.98. The van der Waals surface area contributed by atoms with Crippen LogP contribution in [0.15, 0.2) is 11.6 Å². The van der Waals surface area contributed by atoms with Gasteiger partial charge in [0, 0.05) is 6.08 Å². The van der Waals surface area contributed by atoms with Gasteiger partial charge in [-0.05, 0) is 25.7 Å². The van der Waals surface area contributed by atoms with Crippen LogP contribution in [0.4, 0.5) is 0 Å². The molecule has 0 radical (unpaired) electrons. The third kappa shape index (κ3) is 6.38. The van der Waals surface area contributed by atoms with E-state index in [1.807, 2.05) is 13.8 Å². The van der Waals surface area contributed by atoms with Gasteiger partial charge < -0.3 is 5.11 Å². The van der Waals surface area contributed by atoms with Crippen molar-refractivity contribution in [1.82, 2.24) is 0 Å². The summed E-state index contributed by atoms with van der Waals surface area (Å²) in [5, 5.41) is 8.48. The Hall–Kier alpha value is -0.790. The van der Waals surface area contributed by atoms with Crippen molar-refractivity contribution in [2.24, 2.45) is 0 Å². The normalized spacial score (nSPS) is 16.6. The minimum atomic E-state index is -0.790. The van der Waals surface area contributed by atoms with Crippen molar-refractivity contribution in [3.8, 4) is 0 Å². The molecule has 1 rings (SSSR count). The molecular formula is C11H20O2. The summed E-state index contributed by atoms with van der Waals surface area (Å²) in [5.41, 5.74) is 1.12. The van der Waals surface area contributed by atoms with Crippen molar-refractivity contribution >= 4 is 5.97 Å². The Morgan fingerprint density at radius 2 is 1.62 bits per heavy atom. The summed E-state index contributed by atoms with van der Waals surface area (Å²) in [6.07, 6.45) is 8.22. The summed E-state index contributed by atoms with van der Waals surface area (Å²) < 4.78 is 0. The van der Waals surface area contributed by atoms with E-state index in [0.29, 0.717) is 0 Å². The number of hydrogen-bond donors (Lipinski definition) is 1. The Balaban J connectivity index is 0.000000671.